The molecule has 3 nitrogen and oxygen atoms in total. The Bertz CT molecular complexity index is 646. The third-order valence-electron chi connectivity index (χ3n) is 2.77. The normalized spacial score (nSPS) is 10.2. The molecule has 0 spiro atoms. The van der Waals surface area contributed by atoms with Crippen LogP contribution < -0.4 is 10.1 Å². The summed E-state index contributed by atoms with van der Waals surface area (Å²) in [6, 6.07) is 12.7. The lowest BCUT2D eigenvalue weighted by molar-refractivity contribution is 0.102. The summed E-state index contributed by atoms with van der Waals surface area (Å²) in [6.45, 7) is 2.65. The van der Waals surface area contributed by atoms with E-state index in [0.29, 0.717) is 28.6 Å². The van der Waals surface area contributed by atoms with Crippen molar-refractivity contribution in [1.29, 1.82) is 0 Å². The molecule has 0 fully saturated rings. The largest absolute Gasteiger partial charge is 0.492 e. The zero-order valence-electron chi connectivity index (χ0n) is 11.5. The molecule has 21 heavy (non-hydrogen) atoms. The zero-order valence-corrected chi connectivity index (χ0v) is 14.4. The number of anilines is 1. The lowest BCUT2D eigenvalue weighted by Crippen LogP contribution is -2.13. The summed E-state index contributed by atoms with van der Waals surface area (Å²) in [5.41, 5.74) is 1.29. The van der Waals surface area contributed by atoms with Gasteiger partial charge in [-0.3, -0.25) is 4.79 Å². The summed E-state index contributed by atoms with van der Waals surface area (Å²) in [4.78, 5) is 12.2. The average molecular weight is 416 g/mol. The van der Waals surface area contributed by atoms with Crippen molar-refractivity contribution in [2.45, 2.75) is 13.3 Å². The van der Waals surface area contributed by atoms with Gasteiger partial charge in [-0.05, 0) is 59.3 Å². The molecule has 1 amide bonds. The molecule has 0 saturated heterocycles. The van der Waals surface area contributed by atoms with Gasteiger partial charge in [-0.15, -0.1) is 0 Å². The van der Waals surface area contributed by atoms with Crippen LogP contribution in [-0.4, -0.2) is 12.5 Å². The van der Waals surface area contributed by atoms with Gasteiger partial charge in [-0.2, -0.15) is 0 Å². The molecule has 0 radical (unpaired) electrons. The first-order valence-corrected chi connectivity index (χ1v) is 8.05. The molecular weight excluding hydrogens is 401 g/mol. The second kappa shape index (κ2) is 7.66. The number of benzene rings is 2. The molecule has 110 valence electrons. The number of ether oxygens (including phenoxy) is 1. The summed E-state index contributed by atoms with van der Waals surface area (Å²) < 4.78 is 6.41. The van der Waals surface area contributed by atoms with Gasteiger partial charge in [-0.25, -0.2) is 0 Å². The van der Waals surface area contributed by atoms with E-state index in [-0.39, 0.29) is 5.91 Å². The van der Waals surface area contributed by atoms with E-state index < -0.39 is 0 Å². The van der Waals surface area contributed by atoms with Crippen molar-refractivity contribution in [1.82, 2.24) is 0 Å². The number of nitrogens with one attached hydrogen (secondary N) is 1. The van der Waals surface area contributed by atoms with Gasteiger partial charge >= 0.3 is 0 Å². The SMILES string of the molecule is CCCOc1ccc(NC(=O)c2ccccc2I)cc1Cl. The Labute approximate surface area is 142 Å². The van der Waals surface area contributed by atoms with Crippen LogP contribution in [0.15, 0.2) is 42.5 Å². The number of hydrogen-bond acceptors (Lipinski definition) is 2. The summed E-state index contributed by atoms with van der Waals surface area (Å²) in [7, 11) is 0. The van der Waals surface area contributed by atoms with Crippen LogP contribution in [0.3, 0.4) is 0 Å². The van der Waals surface area contributed by atoms with Crippen LogP contribution in [0.5, 0.6) is 5.75 Å². The minimum Gasteiger partial charge on any atom is -0.492 e. The van der Waals surface area contributed by atoms with Crippen LogP contribution in [-0.2, 0) is 0 Å². The van der Waals surface area contributed by atoms with Crippen molar-refractivity contribution in [2.75, 3.05) is 11.9 Å². The van der Waals surface area contributed by atoms with Crippen molar-refractivity contribution in [2.24, 2.45) is 0 Å². The predicted octanol–water partition coefficient (Wildman–Crippen LogP) is 4.99. The fraction of sp³-hybridized carbons (Fsp3) is 0.188. The van der Waals surface area contributed by atoms with E-state index in [1.54, 1.807) is 24.3 Å². The number of hydrogen-bond donors (Lipinski definition) is 1. The third-order valence-corrected chi connectivity index (χ3v) is 4.01. The van der Waals surface area contributed by atoms with Crippen molar-refractivity contribution >= 4 is 45.8 Å². The van der Waals surface area contributed by atoms with E-state index in [9.17, 15) is 4.79 Å². The van der Waals surface area contributed by atoms with Crippen LogP contribution in [0.4, 0.5) is 5.69 Å². The highest BCUT2D eigenvalue weighted by Gasteiger charge is 2.10. The Kier molecular flexibility index (Phi) is 5.87. The molecule has 0 saturated carbocycles. The Balaban J connectivity index is 2.11. The van der Waals surface area contributed by atoms with Gasteiger partial charge in [0.1, 0.15) is 5.75 Å². The average Bonchev–Trinajstić information content (AvgIpc) is 2.47. The van der Waals surface area contributed by atoms with Crippen molar-refractivity contribution in [3.63, 3.8) is 0 Å². The third kappa shape index (κ3) is 4.35. The lowest BCUT2D eigenvalue weighted by Gasteiger charge is -2.10. The smallest absolute Gasteiger partial charge is 0.256 e. The molecule has 0 atom stereocenters. The first kappa shape index (κ1) is 16.1. The first-order valence-electron chi connectivity index (χ1n) is 6.60. The second-order valence-corrected chi connectivity index (χ2v) is 6.00. The Hall–Kier alpha value is -1.27. The van der Waals surface area contributed by atoms with Gasteiger partial charge < -0.3 is 10.1 Å². The number of rotatable bonds is 5. The monoisotopic (exact) mass is 415 g/mol. The van der Waals surface area contributed by atoms with E-state index in [2.05, 4.69) is 27.9 Å². The van der Waals surface area contributed by atoms with E-state index in [1.165, 1.54) is 0 Å². The van der Waals surface area contributed by atoms with Crippen LogP contribution >= 0.6 is 34.2 Å². The van der Waals surface area contributed by atoms with Gasteiger partial charge in [0.15, 0.2) is 0 Å². The standard InChI is InChI=1S/C16H15ClINO2/c1-2-9-21-15-8-7-11(10-13(15)17)19-16(20)12-5-3-4-6-14(12)18/h3-8,10H,2,9H2,1H3,(H,19,20). The molecule has 0 unspecified atom stereocenters. The molecule has 0 aromatic heterocycles. The number of carbonyl (C=O) groups is 1. The number of carbonyl (C=O) groups excluding carboxylic acids is 1. The molecule has 1 N–H and O–H groups in total. The summed E-state index contributed by atoms with van der Waals surface area (Å²) in [5, 5.41) is 3.33. The molecule has 0 heterocycles. The molecule has 2 aromatic rings. The van der Waals surface area contributed by atoms with E-state index in [0.717, 1.165) is 9.99 Å². The summed E-state index contributed by atoms with van der Waals surface area (Å²) in [5.74, 6) is 0.476. The van der Waals surface area contributed by atoms with Gasteiger partial charge in [0.25, 0.3) is 5.91 Å². The Morgan fingerprint density at radius 2 is 2.05 bits per heavy atom. The van der Waals surface area contributed by atoms with Gasteiger partial charge in [0, 0.05) is 9.26 Å². The quantitative estimate of drug-likeness (QED) is 0.699. The van der Waals surface area contributed by atoms with Crippen LogP contribution in [0.25, 0.3) is 0 Å². The fourth-order valence-corrected chi connectivity index (χ4v) is 2.62. The molecule has 0 bridgehead atoms. The van der Waals surface area contributed by atoms with Crippen LogP contribution in [0, 0.1) is 3.57 Å². The molecule has 2 aromatic carbocycles. The maximum absolute atomic E-state index is 12.2. The first-order chi connectivity index (χ1) is 10.1. The van der Waals surface area contributed by atoms with Crippen molar-refractivity contribution in [3.05, 3.63) is 56.6 Å². The van der Waals surface area contributed by atoms with E-state index in [4.69, 9.17) is 16.3 Å². The van der Waals surface area contributed by atoms with Crippen LogP contribution in [0.2, 0.25) is 5.02 Å². The summed E-state index contributed by atoms with van der Waals surface area (Å²) >= 11 is 8.29. The Morgan fingerprint density at radius 1 is 1.29 bits per heavy atom. The second-order valence-electron chi connectivity index (χ2n) is 4.43. The molecule has 5 heteroatoms. The molecule has 0 aliphatic heterocycles. The van der Waals surface area contributed by atoms with Gasteiger partial charge in [-0.1, -0.05) is 30.7 Å². The van der Waals surface area contributed by atoms with Crippen molar-refractivity contribution < 1.29 is 9.53 Å². The zero-order chi connectivity index (χ0) is 15.2. The maximum atomic E-state index is 12.2. The topological polar surface area (TPSA) is 38.3 Å². The number of halogens is 2. The lowest BCUT2D eigenvalue weighted by atomic mass is 10.2. The van der Waals surface area contributed by atoms with Gasteiger partial charge in [0.2, 0.25) is 0 Å². The van der Waals surface area contributed by atoms with Crippen LogP contribution in [0.1, 0.15) is 23.7 Å². The highest BCUT2D eigenvalue weighted by Crippen LogP contribution is 2.28. The highest BCUT2D eigenvalue weighted by molar-refractivity contribution is 14.1. The van der Waals surface area contributed by atoms with E-state index >= 15 is 0 Å². The van der Waals surface area contributed by atoms with Crippen molar-refractivity contribution in [3.8, 4) is 5.75 Å². The maximum Gasteiger partial charge on any atom is 0.256 e. The molecule has 0 aliphatic rings. The number of amides is 1. The molecular formula is C16H15ClINO2. The highest BCUT2D eigenvalue weighted by atomic mass is 127. The van der Waals surface area contributed by atoms with Gasteiger partial charge in [0.05, 0.1) is 17.2 Å². The molecule has 0 aliphatic carbocycles. The minimum atomic E-state index is -0.154. The van der Waals surface area contributed by atoms with E-state index in [1.807, 2.05) is 25.1 Å². The predicted molar refractivity (Wildman–Crippen MR) is 94.4 cm³/mol. The Morgan fingerprint density at radius 3 is 2.71 bits per heavy atom. The molecule has 2 rings (SSSR count). The summed E-state index contributed by atoms with van der Waals surface area (Å²) in [6.07, 6.45) is 0.918. The minimum absolute atomic E-state index is 0.154. The fourth-order valence-electron chi connectivity index (χ4n) is 1.75.